The topological polar surface area (TPSA) is 77.9 Å². The van der Waals surface area contributed by atoms with E-state index in [1.807, 2.05) is 0 Å². The first-order valence-corrected chi connectivity index (χ1v) is 8.55. The van der Waals surface area contributed by atoms with Gasteiger partial charge in [-0.15, -0.1) is 0 Å². The Bertz CT molecular complexity index is 519. The molecule has 1 heterocycles. The Morgan fingerprint density at radius 1 is 1.38 bits per heavy atom. The Labute approximate surface area is 122 Å². The van der Waals surface area contributed by atoms with Crippen molar-refractivity contribution in [3.8, 4) is 0 Å². The number of likely N-dealkylation sites (N-methyl/N-ethyl adjacent to an activating group) is 1. The van der Waals surface area contributed by atoms with Crippen molar-refractivity contribution in [2.75, 3.05) is 32.4 Å². The zero-order valence-corrected chi connectivity index (χ0v) is 12.7. The summed E-state index contributed by atoms with van der Waals surface area (Å²) in [7, 11) is -2.11. The van der Waals surface area contributed by atoms with Gasteiger partial charge in [0, 0.05) is 26.7 Å². The highest BCUT2D eigenvalue weighted by molar-refractivity contribution is 7.89. The molecule has 0 bridgehead atoms. The van der Waals surface area contributed by atoms with Crippen molar-refractivity contribution in [3.63, 3.8) is 0 Å². The molecule has 0 aromatic rings. The van der Waals surface area contributed by atoms with Gasteiger partial charge in [-0.1, -0.05) is 0 Å². The van der Waals surface area contributed by atoms with E-state index in [4.69, 9.17) is 0 Å². The molecule has 1 aliphatic carbocycles. The van der Waals surface area contributed by atoms with Gasteiger partial charge >= 0.3 is 5.92 Å². The highest BCUT2D eigenvalue weighted by Crippen LogP contribution is 2.44. The summed E-state index contributed by atoms with van der Waals surface area (Å²) in [6, 6.07) is 0. The van der Waals surface area contributed by atoms with E-state index < -0.39 is 27.5 Å². The average Bonchev–Trinajstić information content (AvgIpc) is 2.70. The van der Waals surface area contributed by atoms with Crippen molar-refractivity contribution >= 4 is 15.9 Å². The van der Waals surface area contributed by atoms with Gasteiger partial charge in [-0.3, -0.25) is 4.79 Å². The summed E-state index contributed by atoms with van der Waals surface area (Å²) >= 11 is 0. The molecule has 0 atom stereocenters. The van der Waals surface area contributed by atoms with Crippen molar-refractivity contribution in [1.29, 1.82) is 0 Å². The zero-order chi connectivity index (χ0) is 15.9. The van der Waals surface area contributed by atoms with Crippen LogP contribution in [0.5, 0.6) is 0 Å². The van der Waals surface area contributed by atoms with E-state index in [9.17, 15) is 27.1 Å². The first-order chi connectivity index (χ1) is 9.60. The number of carbonyl (C=O) groups excluding carboxylic acids is 1. The monoisotopic (exact) mass is 326 g/mol. The fraction of sp³-hybridized carbons (Fsp3) is 0.917. The van der Waals surface area contributed by atoms with E-state index in [-0.39, 0.29) is 31.7 Å². The Morgan fingerprint density at radius 2 is 2.00 bits per heavy atom. The number of halogens is 2. The van der Waals surface area contributed by atoms with Crippen molar-refractivity contribution in [2.24, 2.45) is 0 Å². The summed E-state index contributed by atoms with van der Waals surface area (Å²) in [4.78, 5) is 12.6. The lowest BCUT2D eigenvalue weighted by Gasteiger charge is -2.42. The largest absolute Gasteiger partial charge is 0.383 e. The number of carbonyl (C=O) groups is 1. The van der Waals surface area contributed by atoms with Gasteiger partial charge in [0.1, 0.15) is 5.60 Å². The fourth-order valence-electron chi connectivity index (χ4n) is 2.57. The number of hydrogen-bond donors (Lipinski definition) is 1. The second-order valence-electron chi connectivity index (χ2n) is 5.75. The van der Waals surface area contributed by atoms with Crippen LogP contribution in [0.25, 0.3) is 0 Å². The molecule has 2 fully saturated rings. The quantitative estimate of drug-likeness (QED) is 0.773. The number of amides is 1. The van der Waals surface area contributed by atoms with E-state index in [2.05, 4.69) is 0 Å². The minimum absolute atomic E-state index is 0.000911. The van der Waals surface area contributed by atoms with Gasteiger partial charge in [0.15, 0.2) is 0 Å². The Hall–Kier alpha value is -0.800. The van der Waals surface area contributed by atoms with Crippen LogP contribution in [0.3, 0.4) is 0 Å². The normalized spacial score (nSPS) is 24.6. The smallest absolute Gasteiger partial charge is 0.352 e. The van der Waals surface area contributed by atoms with Crippen LogP contribution in [0.15, 0.2) is 0 Å². The van der Waals surface area contributed by atoms with Crippen molar-refractivity contribution in [2.45, 2.75) is 37.2 Å². The molecule has 0 radical (unpaired) electrons. The molecule has 0 aromatic carbocycles. The van der Waals surface area contributed by atoms with E-state index >= 15 is 0 Å². The van der Waals surface area contributed by atoms with Crippen molar-refractivity contribution in [1.82, 2.24) is 9.21 Å². The van der Waals surface area contributed by atoms with Gasteiger partial charge in [0.25, 0.3) is 5.91 Å². The van der Waals surface area contributed by atoms with Crippen LogP contribution >= 0.6 is 0 Å². The van der Waals surface area contributed by atoms with Gasteiger partial charge in [-0.2, -0.15) is 8.78 Å². The second kappa shape index (κ2) is 5.44. The molecule has 6 nitrogen and oxygen atoms in total. The number of aliphatic hydroxyl groups is 1. The standard InChI is InChI=1S/C12H20F2N2O4S/c1-15(7-8-16-6-3-9-21(16,19)20)10(17)12(13,14)11(18)4-2-5-11/h18H,2-9H2,1H3. The summed E-state index contributed by atoms with van der Waals surface area (Å²) in [6.45, 7) is 0.230. The van der Waals surface area contributed by atoms with Gasteiger partial charge in [0.05, 0.1) is 5.75 Å². The summed E-state index contributed by atoms with van der Waals surface area (Å²) in [5.74, 6) is -5.23. The molecule has 0 spiro atoms. The molecule has 9 heteroatoms. The third-order valence-electron chi connectivity index (χ3n) is 4.27. The Kier molecular flexibility index (Phi) is 4.29. The molecule has 1 N–H and O–H groups in total. The van der Waals surface area contributed by atoms with E-state index in [0.29, 0.717) is 19.4 Å². The zero-order valence-electron chi connectivity index (χ0n) is 11.9. The number of nitrogens with zero attached hydrogens (tertiary/aromatic N) is 2. The summed E-state index contributed by atoms with van der Waals surface area (Å²) in [5.41, 5.74) is -2.25. The predicted molar refractivity (Wildman–Crippen MR) is 71.4 cm³/mol. The van der Waals surface area contributed by atoms with Crippen LogP contribution in [-0.4, -0.2) is 72.6 Å². The van der Waals surface area contributed by atoms with Crippen molar-refractivity contribution < 1.29 is 27.1 Å². The molecule has 122 valence electrons. The molecular weight excluding hydrogens is 306 g/mol. The number of rotatable bonds is 5. The summed E-state index contributed by atoms with van der Waals surface area (Å²) in [6.07, 6.45) is 0.783. The van der Waals surface area contributed by atoms with Crippen molar-refractivity contribution in [3.05, 3.63) is 0 Å². The molecule has 0 aromatic heterocycles. The lowest BCUT2D eigenvalue weighted by molar-refractivity contribution is -0.222. The summed E-state index contributed by atoms with van der Waals surface area (Å²) in [5, 5.41) is 9.72. The minimum Gasteiger partial charge on any atom is -0.383 e. The molecule has 1 aliphatic heterocycles. The fourth-order valence-corrected chi connectivity index (χ4v) is 4.09. The molecule has 1 amide bonds. The second-order valence-corrected chi connectivity index (χ2v) is 7.84. The highest BCUT2D eigenvalue weighted by Gasteiger charge is 2.61. The maximum absolute atomic E-state index is 14.0. The van der Waals surface area contributed by atoms with Crippen LogP contribution in [-0.2, 0) is 14.8 Å². The van der Waals surface area contributed by atoms with Gasteiger partial charge in [0.2, 0.25) is 10.0 Å². The molecule has 1 saturated carbocycles. The summed E-state index contributed by atoms with van der Waals surface area (Å²) < 4.78 is 52.3. The lowest BCUT2D eigenvalue weighted by Crippen LogP contribution is -2.61. The molecule has 2 aliphatic rings. The molecular formula is C12H20F2N2O4S. The van der Waals surface area contributed by atoms with Gasteiger partial charge in [-0.25, -0.2) is 12.7 Å². The van der Waals surface area contributed by atoms with Crippen LogP contribution in [0, 0.1) is 0 Å². The Balaban J connectivity index is 1.94. The van der Waals surface area contributed by atoms with Crippen LogP contribution in [0.2, 0.25) is 0 Å². The van der Waals surface area contributed by atoms with E-state index in [1.165, 1.54) is 11.4 Å². The van der Waals surface area contributed by atoms with Crippen LogP contribution in [0.1, 0.15) is 25.7 Å². The lowest BCUT2D eigenvalue weighted by atomic mass is 9.75. The van der Waals surface area contributed by atoms with E-state index in [0.717, 1.165) is 4.90 Å². The highest BCUT2D eigenvalue weighted by atomic mass is 32.2. The maximum Gasteiger partial charge on any atom is 0.352 e. The molecule has 1 saturated heterocycles. The maximum atomic E-state index is 14.0. The Morgan fingerprint density at radius 3 is 2.43 bits per heavy atom. The molecule has 2 rings (SSSR count). The van der Waals surface area contributed by atoms with Crippen LogP contribution < -0.4 is 0 Å². The van der Waals surface area contributed by atoms with Crippen LogP contribution in [0.4, 0.5) is 8.78 Å². The number of sulfonamides is 1. The number of hydrogen-bond acceptors (Lipinski definition) is 4. The first-order valence-electron chi connectivity index (χ1n) is 6.94. The third kappa shape index (κ3) is 2.91. The minimum atomic E-state index is -3.83. The van der Waals surface area contributed by atoms with E-state index in [1.54, 1.807) is 0 Å². The SMILES string of the molecule is CN(CCN1CCCS1(=O)=O)C(=O)C(F)(F)C1(O)CCC1. The molecule has 0 unspecified atom stereocenters. The predicted octanol–water partition coefficient (Wildman–Crippen LogP) is 0.0306. The molecule has 21 heavy (non-hydrogen) atoms. The number of alkyl halides is 2. The van der Waals surface area contributed by atoms with Gasteiger partial charge < -0.3 is 10.0 Å². The average molecular weight is 326 g/mol. The van der Waals surface area contributed by atoms with Gasteiger partial charge in [-0.05, 0) is 25.7 Å². The third-order valence-corrected chi connectivity index (χ3v) is 6.22. The first kappa shape index (κ1) is 16.6.